The maximum absolute atomic E-state index is 12.0. The minimum Gasteiger partial charge on any atom is -0.483 e. The molecule has 0 unspecified atom stereocenters. The number of hydrogen-bond donors (Lipinski definition) is 2. The van der Waals surface area contributed by atoms with Crippen LogP contribution in [0.25, 0.3) is 0 Å². The highest BCUT2D eigenvalue weighted by molar-refractivity contribution is 6.36. The second-order valence-corrected chi connectivity index (χ2v) is 7.27. The highest BCUT2D eigenvalue weighted by Crippen LogP contribution is 2.27. The minimum absolute atomic E-state index is 0.0466. The molecule has 27 heavy (non-hydrogen) atoms. The van der Waals surface area contributed by atoms with Crippen LogP contribution in [0, 0.1) is 6.92 Å². The number of nitrogens with one attached hydrogen (secondary N) is 2. The van der Waals surface area contributed by atoms with Gasteiger partial charge in [-0.05, 0) is 47.7 Å². The lowest BCUT2D eigenvalue weighted by Crippen LogP contribution is -2.44. The van der Waals surface area contributed by atoms with Gasteiger partial charge in [0.2, 0.25) is 5.91 Å². The van der Waals surface area contributed by atoms with Crippen molar-refractivity contribution < 1.29 is 14.3 Å². The number of carbonyl (C=O) groups is 2. The topological polar surface area (TPSA) is 67.4 Å². The number of halogens is 2. The fourth-order valence-corrected chi connectivity index (χ4v) is 3.00. The average molecular weight is 409 g/mol. The Morgan fingerprint density at radius 2 is 1.67 bits per heavy atom. The molecule has 0 fully saturated rings. The van der Waals surface area contributed by atoms with E-state index in [1.54, 1.807) is 18.2 Å². The van der Waals surface area contributed by atoms with E-state index in [0.717, 1.165) is 11.1 Å². The third-order valence-corrected chi connectivity index (χ3v) is 4.60. The van der Waals surface area contributed by atoms with Gasteiger partial charge in [0.1, 0.15) is 5.75 Å². The fraction of sp³-hybridized carbons (Fsp3) is 0.300. The Morgan fingerprint density at radius 1 is 1.04 bits per heavy atom. The molecule has 144 valence electrons. The molecule has 2 rings (SSSR count). The lowest BCUT2D eigenvalue weighted by atomic mass is 10.0. The summed E-state index contributed by atoms with van der Waals surface area (Å²) in [6.07, 6.45) is -0.0466. The molecule has 0 bridgehead atoms. The van der Waals surface area contributed by atoms with E-state index in [-0.39, 0.29) is 18.9 Å². The van der Waals surface area contributed by atoms with Crippen LogP contribution < -0.4 is 15.6 Å². The molecular formula is C20H22Cl2N2O3. The molecule has 0 aliphatic carbocycles. The van der Waals surface area contributed by atoms with Gasteiger partial charge in [0, 0.05) is 10.0 Å². The summed E-state index contributed by atoms with van der Waals surface area (Å²) in [5.74, 6) is 0.0275. The summed E-state index contributed by atoms with van der Waals surface area (Å²) in [7, 11) is 0. The molecule has 2 amide bonds. The van der Waals surface area contributed by atoms with Crippen molar-refractivity contribution in [1.29, 1.82) is 0 Å². The first-order chi connectivity index (χ1) is 12.8. The van der Waals surface area contributed by atoms with Gasteiger partial charge in [-0.1, -0.05) is 55.2 Å². The van der Waals surface area contributed by atoms with Gasteiger partial charge >= 0.3 is 0 Å². The van der Waals surface area contributed by atoms with Crippen LogP contribution in [0.5, 0.6) is 5.75 Å². The summed E-state index contributed by atoms with van der Waals surface area (Å²) in [5.41, 5.74) is 7.23. The zero-order chi connectivity index (χ0) is 20.0. The van der Waals surface area contributed by atoms with Gasteiger partial charge in [-0.25, -0.2) is 0 Å². The van der Waals surface area contributed by atoms with Crippen LogP contribution in [-0.2, 0) is 16.0 Å². The standard InChI is InChI=1S/C20H22Cl2N2O3/c1-12(2)14-8-7-13(3)9-18(14)27-11-20(26)24-23-19(25)10-15-16(21)5-4-6-17(15)22/h4-9,12H,10-11H2,1-3H3,(H,23,25)(H,24,26). The van der Waals surface area contributed by atoms with Crippen molar-refractivity contribution in [2.45, 2.75) is 33.1 Å². The molecule has 0 aliphatic heterocycles. The van der Waals surface area contributed by atoms with E-state index in [2.05, 4.69) is 24.7 Å². The van der Waals surface area contributed by atoms with E-state index < -0.39 is 11.8 Å². The van der Waals surface area contributed by atoms with Crippen LogP contribution in [0.3, 0.4) is 0 Å². The minimum atomic E-state index is -0.468. The van der Waals surface area contributed by atoms with Crippen LogP contribution in [-0.4, -0.2) is 18.4 Å². The van der Waals surface area contributed by atoms with Gasteiger partial charge in [0.25, 0.3) is 5.91 Å². The van der Waals surface area contributed by atoms with Crippen molar-refractivity contribution in [2.75, 3.05) is 6.61 Å². The molecule has 7 heteroatoms. The second kappa shape index (κ2) is 9.62. The summed E-state index contributed by atoms with van der Waals surface area (Å²) in [5, 5.41) is 0.793. The van der Waals surface area contributed by atoms with Gasteiger partial charge in [-0.2, -0.15) is 0 Å². The number of aryl methyl sites for hydroxylation is 1. The Kier molecular flexibility index (Phi) is 7.51. The second-order valence-electron chi connectivity index (χ2n) is 6.46. The Bertz CT molecular complexity index is 818. The summed E-state index contributed by atoms with van der Waals surface area (Å²) in [6.45, 7) is 5.85. The Morgan fingerprint density at radius 3 is 2.30 bits per heavy atom. The van der Waals surface area contributed by atoms with E-state index in [9.17, 15) is 9.59 Å². The molecule has 2 aromatic carbocycles. The molecule has 2 aromatic rings. The molecule has 0 saturated carbocycles. The molecule has 5 nitrogen and oxygen atoms in total. The summed E-state index contributed by atoms with van der Waals surface area (Å²) in [4.78, 5) is 24.0. The maximum atomic E-state index is 12.0. The number of benzene rings is 2. The number of hydrazine groups is 1. The maximum Gasteiger partial charge on any atom is 0.276 e. The van der Waals surface area contributed by atoms with Gasteiger partial charge in [-0.15, -0.1) is 0 Å². The zero-order valence-electron chi connectivity index (χ0n) is 15.4. The van der Waals surface area contributed by atoms with Crippen molar-refractivity contribution in [3.8, 4) is 5.75 Å². The summed E-state index contributed by atoms with van der Waals surface area (Å²) < 4.78 is 5.62. The number of ether oxygens (including phenoxy) is 1. The van der Waals surface area contributed by atoms with E-state index >= 15 is 0 Å². The lowest BCUT2D eigenvalue weighted by Gasteiger charge is -2.15. The van der Waals surface area contributed by atoms with Crippen LogP contribution in [0.2, 0.25) is 10.0 Å². The van der Waals surface area contributed by atoms with Crippen LogP contribution >= 0.6 is 23.2 Å². The molecule has 0 saturated heterocycles. The van der Waals surface area contributed by atoms with Crippen LogP contribution in [0.1, 0.15) is 36.5 Å². The van der Waals surface area contributed by atoms with E-state index in [1.165, 1.54) is 0 Å². The highest BCUT2D eigenvalue weighted by Gasteiger charge is 2.13. The predicted octanol–water partition coefficient (Wildman–Crippen LogP) is 4.19. The van der Waals surface area contributed by atoms with E-state index in [4.69, 9.17) is 27.9 Å². The summed E-state index contributed by atoms with van der Waals surface area (Å²) >= 11 is 12.1. The Labute approximate surface area is 169 Å². The van der Waals surface area contributed by atoms with Crippen molar-refractivity contribution in [1.82, 2.24) is 10.9 Å². The number of carbonyl (C=O) groups excluding carboxylic acids is 2. The van der Waals surface area contributed by atoms with Gasteiger partial charge in [0.15, 0.2) is 6.61 Å². The van der Waals surface area contributed by atoms with Gasteiger partial charge < -0.3 is 4.74 Å². The fourth-order valence-electron chi connectivity index (χ4n) is 2.47. The predicted molar refractivity (Wildman–Crippen MR) is 107 cm³/mol. The lowest BCUT2D eigenvalue weighted by molar-refractivity contribution is -0.129. The first kappa shape index (κ1) is 21.1. The van der Waals surface area contributed by atoms with E-state index in [0.29, 0.717) is 21.4 Å². The van der Waals surface area contributed by atoms with Crippen molar-refractivity contribution in [3.63, 3.8) is 0 Å². The first-order valence-electron chi connectivity index (χ1n) is 8.52. The quantitative estimate of drug-likeness (QED) is 0.703. The number of rotatable bonds is 6. The van der Waals surface area contributed by atoms with E-state index in [1.807, 2.05) is 25.1 Å². The van der Waals surface area contributed by atoms with Crippen molar-refractivity contribution in [3.05, 3.63) is 63.1 Å². The van der Waals surface area contributed by atoms with Crippen molar-refractivity contribution in [2.24, 2.45) is 0 Å². The molecule has 0 aliphatic rings. The third-order valence-electron chi connectivity index (χ3n) is 3.89. The molecule has 0 radical (unpaired) electrons. The number of amides is 2. The Hall–Kier alpha value is -2.24. The molecule has 0 aromatic heterocycles. The zero-order valence-corrected chi connectivity index (χ0v) is 16.9. The van der Waals surface area contributed by atoms with Crippen LogP contribution in [0.4, 0.5) is 0 Å². The monoisotopic (exact) mass is 408 g/mol. The molecule has 0 spiro atoms. The third kappa shape index (κ3) is 6.15. The Balaban J connectivity index is 1.86. The number of hydrogen-bond acceptors (Lipinski definition) is 3. The highest BCUT2D eigenvalue weighted by atomic mass is 35.5. The summed E-state index contributed by atoms with van der Waals surface area (Å²) in [6, 6.07) is 10.9. The smallest absolute Gasteiger partial charge is 0.276 e. The van der Waals surface area contributed by atoms with Crippen molar-refractivity contribution >= 4 is 35.0 Å². The molecular weight excluding hydrogens is 387 g/mol. The SMILES string of the molecule is Cc1ccc(C(C)C)c(OCC(=O)NNC(=O)Cc2c(Cl)cccc2Cl)c1. The van der Waals surface area contributed by atoms with Crippen LogP contribution in [0.15, 0.2) is 36.4 Å². The molecule has 2 N–H and O–H groups in total. The molecule has 0 atom stereocenters. The average Bonchev–Trinajstić information content (AvgIpc) is 2.61. The van der Waals surface area contributed by atoms with Gasteiger partial charge in [0.05, 0.1) is 6.42 Å². The van der Waals surface area contributed by atoms with Gasteiger partial charge in [-0.3, -0.25) is 20.4 Å². The molecule has 0 heterocycles. The largest absolute Gasteiger partial charge is 0.483 e. The first-order valence-corrected chi connectivity index (χ1v) is 9.27. The normalized spacial score (nSPS) is 10.6.